The van der Waals surface area contributed by atoms with Gasteiger partial charge >= 0.3 is 5.97 Å². The van der Waals surface area contributed by atoms with E-state index >= 15 is 0 Å². The van der Waals surface area contributed by atoms with Crippen LogP contribution in [0.2, 0.25) is 0 Å². The Kier molecular flexibility index (Phi) is 3.12. The third-order valence-corrected chi connectivity index (χ3v) is 2.11. The Hall–Kier alpha value is -1.39. The van der Waals surface area contributed by atoms with Crippen LogP contribution < -0.4 is 4.74 Å². The largest absolute Gasteiger partial charge is 0.433 e. The number of aliphatic hydroxyl groups is 2. The first-order valence-corrected chi connectivity index (χ1v) is 4.55. The smallest absolute Gasteiger partial charge is 0.385 e. The Morgan fingerprint density at radius 2 is 1.73 bits per heavy atom. The highest BCUT2D eigenvalue weighted by Crippen LogP contribution is 2.25. The minimum Gasteiger partial charge on any atom is -0.433 e. The van der Waals surface area contributed by atoms with Gasteiger partial charge in [-0.25, -0.2) is 0 Å². The highest BCUT2D eigenvalue weighted by atomic mass is 16.8. The number of carbonyl (C=O) groups is 1. The van der Waals surface area contributed by atoms with Crippen molar-refractivity contribution < 1.29 is 19.7 Å². The lowest BCUT2D eigenvalue weighted by Gasteiger charge is -2.21. The van der Waals surface area contributed by atoms with Crippen molar-refractivity contribution in [1.82, 2.24) is 0 Å². The Balaban J connectivity index is 3.04. The average Bonchev–Trinajstić information content (AvgIpc) is 2.11. The molecular weight excluding hydrogens is 196 g/mol. The Morgan fingerprint density at radius 1 is 1.27 bits per heavy atom. The lowest BCUT2D eigenvalue weighted by molar-refractivity contribution is -0.269. The van der Waals surface area contributed by atoms with Crippen LogP contribution in [-0.2, 0) is 4.79 Å². The summed E-state index contributed by atoms with van der Waals surface area (Å²) in [5, 5.41) is 18.6. The summed E-state index contributed by atoms with van der Waals surface area (Å²) < 4.78 is 4.89. The maximum Gasteiger partial charge on any atom is 0.385 e. The Morgan fingerprint density at radius 3 is 2.13 bits per heavy atom. The molecule has 0 saturated heterocycles. The van der Waals surface area contributed by atoms with Crippen molar-refractivity contribution in [1.29, 1.82) is 0 Å². The van der Waals surface area contributed by atoms with E-state index in [0.717, 1.165) is 18.1 Å². The molecule has 4 nitrogen and oxygen atoms in total. The second-order valence-corrected chi connectivity index (χ2v) is 3.49. The highest BCUT2D eigenvalue weighted by Gasteiger charge is 2.33. The quantitative estimate of drug-likeness (QED) is 0.728. The molecule has 0 heterocycles. The maximum absolute atomic E-state index is 10.9. The van der Waals surface area contributed by atoms with Crippen LogP contribution in [0.1, 0.15) is 18.1 Å². The molecule has 2 N–H and O–H groups in total. The molecule has 0 atom stereocenters. The van der Waals surface area contributed by atoms with E-state index in [-0.39, 0.29) is 0 Å². The summed E-state index contributed by atoms with van der Waals surface area (Å²) in [7, 11) is 0. The fraction of sp³-hybridized carbons (Fsp3) is 0.364. The van der Waals surface area contributed by atoms with Gasteiger partial charge in [0.2, 0.25) is 5.78 Å². The SMILES string of the molecule is CC(=O)C(O)(O)Oc1c(C)cccc1C. The highest BCUT2D eigenvalue weighted by molar-refractivity contribution is 5.81. The molecule has 0 bridgehead atoms. The molecule has 4 heteroatoms. The molecule has 0 unspecified atom stereocenters. The lowest BCUT2D eigenvalue weighted by Crippen LogP contribution is -2.43. The molecule has 1 aromatic rings. The van der Waals surface area contributed by atoms with Crippen molar-refractivity contribution in [2.45, 2.75) is 26.7 Å². The monoisotopic (exact) mass is 210 g/mol. The molecule has 0 fully saturated rings. The third kappa shape index (κ3) is 2.55. The summed E-state index contributed by atoms with van der Waals surface area (Å²) in [5.74, 6) is -3.29. The number of benzene rings is 1. The lowest BCUT2D eigenvalue weighted by atomic mass is 10.1. The number of hydrogen-bond acceptors (Lipinski definition) is 4. The average molecular weight is 210 g/mol. The van der Waals surface area contributed by atoms with E-state index in [1.165, 1.54) is 0 Å². The molecule has 0 aromatic heterocycles. The second kappa shape index (κ2) is 4.00. The van der Waals surface area contributed by atoms with Gasteiger partial charge in [-0.1, -0.05) is 18.2 Å². The van der Waals surface area contributed by atoms with E-state index in [2.05, 4.69) is 0 Å². The van der Waals surface area contributed by atoms with Crippen molar-refractivity contribution >= 4 is 5.78 Å². The molecule has 0 saturated carbocycles. The van der Waals surface area contributed by atoms with Crippen molar-refractivity contribution in [2.24, 2.45) is 0 Å². The van der Waals surface area contributed by atoms with Gasteiger partial charge < -0.3 is 14.9 Å². The molecule has 1 aromatic carbocycles. The molecule has 0 aliphatic heterocycles. The number of Topliss-reactive ketones (excluding diaryl/α,β-unsaturated/α-hetero) is 1. The molecule has 0 aliphatic carbocycles. The number of para-hydroxylation sites is 1. The topological polar surface area (TPSA) is 66.8 Å². The van der Waals surface area contributed by atoms with E-state index in [1.807, 2.05) is 6.07 Å². The number of rotatable bonds is 3. The van der Waals surface area contributed by atoms with Gasteiger partial charge in [0, 0.05) is 6.92 Å². The van der Waals surface area contributed by atoms with Crippen LogP contribution >= 0.6 is 0 Å². The van der Waals surface area contributed by atoms with Gasteiger partial charge in [0.1, 0.15) is 5.75 Å². The van der Waals surface area contributed by atoms with Crippen LogP contribution in [0.15, 0.2) is 18.2 Å². The van der Waals surface area contributed by atoms with Crippen LogP contribution in [0, 0.1) is 13.8 Å². The molecule has 0 amide bonds. The van der Waals surface area contributed by atoms with E-state index < -0.39 is 11.8 Å². The molecule has 1 rings (SSSR count). The number of ketones is 1. The minimum absolute atomic E-state index is 0.317. The van der Waals surface area contributed by atoms with E-state index in [4.69, 9.17) is 4.74 Å². The first-order chi connectivity index (χ1) is 6.84. The summed E-state index contributed by atoms with van der Waals surface area (Å²) in [5.41, 5.74) is 1.48. The van der Waals surface area contributed by atoms with Gasteiger partial charge in [-0.2, -0.15) is 0 Å². The first kappa shape index (κ1) is 11.7. The number of hydrogen-bond donors (Lipinski definition) is 2. The van der Waals surface area contributed by atoms with Crippen LogP contribution in [0.25, 0.3) is 0 Å². The zero-order valence-corrected chi connectivity index (χ0v) is 8.94. The third-order valence-electron chi connectivity index (χ3n) is 2.11. The normalized spacial score (nSPS) is 11.3. The summed E-state index contributed by atoms with van der Waals surface area (Å²) >= 11 is 0. The summed E-state index contributed by atoms with van der Waals surface area (Å²) in [6.45, 7) is 4.57. The summed E-state index contributed by atoms with van der Waals surface area (Å²) in [6.07, 6.45) is 0. The standard InChI is InChI=1S/C11H14O4/c1-7-5-4-6-8(2)10(7)15-11(13,14)9(3)12/h4-6,13-14H,1-3H3. The second-order valence-electron chi connectivity index (χ2n) is 3.49. The fourth-order valence-corrected chi connectivity index (χ4v) is 1.17. The van der Waals surface area contributed by atoms with Crippen molar-refractivity contribution in [3.8, 4) is 5.75 Å². The predicted molar refractivity (Wildman–Crippen MR) is 54.4 cm³/mol. The number of aryl methyl sites for hydroxylation is 2. The van der Waals surface area contributed by atoms with Crippen molar-refractivity contribution in [2.75, 3.05) is 0 Å². The van der Waals surface area contributed by atoms with Crippen LogP contribution in [-0.4, -0.2) is 22.0 Å². The van der Waals surface area contributed by atoms with Gasteiger partial charge in [-0.05, 0) is 25.0 Å². The van der Waals surface area contributed by atoms with Gasteiger partial charge in [0.25, 0.3) is 0 Å². The molecular formula is C11H14O4. The molecule has 0 radical (unpaired) electrons. The Bertz CT molecular complexity index is 362. The van der Waals surface area contributed by atoms with Gasteiger partial charge in [0.05, 0.1) is 0 Å². The van der Waals surface area contributed by atoms with Gasteiger partial charge in [0.15, 0.2) is 0 Å². The summed E-state index contributed by atoms with van der Waals surface area (Å²) in [6, 6.07) is 5.35. The molecule has 0 spiro atoms. The van der Waals surface area contributed by atoms with E-state index in [1.54, 1.807) is 26.0 Å². The summed E-state index contributed by atoms with van der Waals surface area (Å²) in [4.78, 5) is 10.9. The number of ether oxygens (including phenoxy) is 1. The van der Waals surface area contributed by atoms with Crippen LogP contribution in [0.5, 0.6) is 5.75 Å². The van der Waals surface area contributed by atoms with Crippen molar-refractivity contribution in [3.63, 3.8) is 0 Å². The van der Waals surface area contributed by atoms with E-state index in [0.29, 0.717) is 5.75 Å². The van der Waals surface area contributed by atoms with Crippen LogP contribution in [0.3, 0.4) is 0 Å². The van der Waals surface area contributed by atoms with E-state index in [9.17, 15) is 15.0 Å². The van der Waals surface area contributed by atoms with Crippen molar-refractivity contribution in [3.05, 3.63) is 29.3 Å². The first-order valence-electron chi connectivity index (χ1n) is 4.55. The van der Waals surface area contributed by atoms with Gasteiger partial charge in [-0.15, -0.1) is 0 Å². The molecule has 0 aliphatic rings. The zero-order valence-electron chi connectivity index (χ0n) is 8.94. The maximum atomic E-state index is 10.9. The minimum atomic E-state index is -2.75. The zero-order chi connectivity index (χ0) is 11.6. The van der Waals surface area contributed by atoms with Gasteiger partial charge in [-0.3, -0.25) is 4.79 Å². The molecule has 82 valence electrons. The van der Waals surface area contributed by atoms with Crippen LogP contribution in [0.4, 0.5) is 0 Å². The number of carbonyl (C=O) groups excluding carboxylic acids is 1. The Labute approximate surface area is 88.1 Å². The predicted octanol–water partition coefficient (Wildman–Crippen LogP) is 0.910. The fourth-order valence-electron chi connectivity index (χ4n) is 1.17. The molecule has 15 heavy (non-hydrogen) atoms.